The predicted molar refractivity (Wildman–Crippen MR) is 55.5 cm³/mol. The standard InChI is InChI=1S/C10H24N2/c1-7-9(3,11-5)10(4,8-2)12-6/h11-12H,7-8H2,1-6H3. The molecule has 2 heteroatoms. The van der Waals surface area contributed by atoms with Gasteiger partial charge >= 0.3 is 0 Å². The van der Waals surface area contributed by atoms with Crippen molar-refractivity contribution in [1.29, 1.82) is 0 Å². The highest BCUT2D eigenvalue weighted by molar-refractivity contribution is 5.02. The molecule has 2 nitrogen and oxygen atoms in total. The predicted octanol–water partition coefficient (Wildman–Crippen LogP) is 1.76. The van der Waals surface area contributed by atoms with Crippen LogP contribution in [0.25, 0.3) is 0 Å². The van der Waals surface area contributed by atoms with E-state index in [4.69, 9.17) is 0 Å². The minimum atomic E-state index is 0.177. The van der Waals surface area contributed by atoms with Gasteiger partial charge in [0.2, 0.25) is 0 Å². The molecule has 0 bridgehead atoms. The van der Waals surface area contributed by atoms with Crippen LogP contribution in [0.15, 0.2) is 0 Å². The van der Waals surface area contributed by atoms with Crippen LogP contribution in [0.5, 0.6) is 0 Å². The summed E-state index contributed by atoms with van der Waals surface area (Å²) >= 11 is 0. The van der Waals surface area contributed by atoms with Gasteiger partial charge in [-0.3, -0.25) is 0 Å². The molecule has 0 aromatic carbocycles. The minimum Gasteiger partial charge on any atom is -0.313 e. The van der Waals surface area contributed by atoms with Crippen molar-refractivity contribution >= 4 is 0 Å². The molecule has 0 saturated heterocycles. The summed E-state index contributed by atoms with van der Waals surface area (Å²) in [6.45, 7) is 8.99. The van der Waals surface area contributed by atoms with E-state index in [1.165, 1.54) is 0 Å². The van der Waals surface area contributed by atoms with Crippen molar-refractivity contribution in [3.8, 4) is 0 Å². The molecule has 0 aromatic rings. The summed E-state index contributed by atoms with van der Waals surface area (Å²) in [4.78, 5) is 0. The van der Waals surface area contributed by atoms with Gasteiger partial charge in [-0.25, -0.2) is 0 Å². The highest BCUT2D eigenvalue weighted by atomic mass is 15.1. The van der Waals surface area contributed by atoms with Crippen molar-refractivity contribution in [3.63, 3.8) is 0 Å². The molecule has 12 heavy (non-hydrogen) atoms. The van der Waals surface area contributed by atoms with Crippen LogP contribution in [0.1, 0.15) is 40.5 Å². The lowest BCUT2D eigenvalue weighted by atomic mass is 9.76. The molecule has 0 amide bonds. The lowest BCUT2D eigenvalue weighted by Gasteiger charge is -2.46. The average molecular weight is 172 g/mol. The fraction of sp³-hybridized carbons (Fsp3) is 1.00. The topological polar surface area (TPSA) is 24.1 Å². The molecular formula is C10H24N2. The third-order valence-corrected chi connectivity index (χ3v) is 3.74. The Hall–Kier alpha value is -0.0800. The van der Waals surface area contributed by atoms with Crippen LogP contribution >= 0.6 is 0 Å². The Bertz CT molecular complexity index is 108. The van der Waals surface area contributed by atoms with E-state index in [0.717, 1.165) is 12.8 Å². The molecule has 2 unspecified atom stereocenters. The molecule has 74 valence electrons. The maximum absolute atomic E-state index is 3.41. The quantitative estimate of drug-likeness (QED) is 0.660. The SMILES string of the molecule is CCC(C)(NC)C(C)(CC)NC. The van der Waals surface area contributed by atoms with Crippen LogP contribution in [0.4, 0.5) is 0 Å². The lowest BCUT2D eigenvalue weighted by molar-refractivity contribution is 0.165. The summed E-state index contributed by atoms with van der Waals surface area (Å²) in [5.41, 5.74) is 0.354. The van der Waals surface area contributed by atoms with Crippen molar-refractivity contribution in [1.82, 2.24) is 10.6 Å². The molecule has 0 rings (SSSR count). The maximum atomic E-state index is 3.41. The van der Waals surface area contributed by atoms with Crippen molar-refractivity contribution in [3.05, 3.63) is 0 Å². The van der Waals surface area contributed by atoms with Crippen LogP contribution in [-0.2, 0) is 0 Å². The molecule has 0 heterocycles. The zero-order valence-corrected chi connectivity index (χ0v) is 9.41. The van der Waals surface area contributed by atoms with Gasteiger partial charge < -0.3 is 10.6 Å². The second kappa shape index (κ2) is 4.24. The third-order valence-electron chi connectivity index (χ3n) is 3.74. The highest BCUT2D eigenvalue weighted by Crippen LogP contribution is 2.27. The van der Waals surface area contributed by atoms with E-state index in [2.05, 4.69) is 38.3 Å². The number of nitrogens with one attached hydrogen (secondary N) is 2. The van der Waals surface area contributed by atoms with Crippen LogP contribution in [0, 0.1) is 0 Å². The van der Waals surface area contributed by atoms with Gasteiger partial charge in [0, 0.05) is 11.1 Å². The van der Waals surface area contributed by atoms with E-state index in [0.29, 0.717) is 0 Å². The smallest absolute Gasteiger partial charge is 0.0327 e. The van der Waals surface area contributed by atoms with Crippen LogP contribution < -0.4 is 10.6 Å². The fourth-order valence-corrected chi connectivity index (χ4v) is 1.69. The molecular weight excluding hydrogens is 148 g/mol. The first-order valence-corrected chi connectivity index (χ1v) is 4.87. The minimum absolute atomic E-state index is 0.177. The van der Waals surface area contributed by atoms with Crippen LogP contribution in [0.3, 0.4) is 0 Å². The summed E-state index contributed by atoms with van der Waals surface area (Å²) in [7, 11) is 4.07. The first kappa shape index (κ1) is 11.9. The van der Waals surface area contributed by atoms with Gasteiger partial charge in [-0.2, -0.15) is 0 Å². The Kier molecular flexibility index (Phi) is 4.21. The molecule has 0 radical (unpaired) electrons. The largest absolute Gasteiger partial charge is 0.313 e. The maximum Gasteiger partial charge on any atom is 0.0327 e. The van der Waals surface area contributed by atoms with Crippen molar-refractivity contribution in [2.75, 3.05) is 14.1 Å². The third kappa shape index (κ3) is 1.80. The first-order valence-electron chi connectivity index (χ1n) is 4.87. The van der Waals surface area contributed by atoms with Gasteiger partial charge in [0.25, 0.3) is 0 Å². The normalized spacial score (nSPS) is 21.5. The van der Waals surface area contributed by atoms with Gasteiger partial charge in [-0.15, -0.1) is 0 Å². The number of rotatable bonds is 5. The Labute approximate surface area is 77.1 Å². The van der Waals surface area contributed by atoms with Gasteiger partial charge in [-0.05, 0) is 40.8 Å². The Morgan fingerprint density at radius 1 is 0.833 bits per heavy atom. The Morgan fingerprint density at radius 3 is 1.17 bits per heavy atom. The molecule has 0 aliphatic rings. The fourth-order valence-electron chi connectivity index (χ4n) is 1.69. The molecule has 2 atom stereocenters. The van der Waals surface area contributed by atoms with E-state index in [1.54, 1.807) is 0 Å². The van der Waals surface area contributed by atoms with Crippen molar-refractivity contribution in [2.45, 2.75) is 51.6 Å². The van der Waals surface area contributed by atoms with Gasteiger partial charge in [0.05, 0.1) is 0 Å². The molecule has 0 saturated carbocycles. The second-order valence-corrected chi connectivity index (χ2v) is 3.87. The van der Waals surface area contributed by atoms with Crippen molar-refractivity contribution in [2.24, 2.45) is 0 Å². The Balaban J connectivity index is 4.66. The average Bonchev–Trinajstić information content (AvgIpc) is 2.15. The number of hydrogen-bond donors (Lipinski definition) is 2. The number of hydrogen-bond acceptors (Lipinski definition) is 2. The zero-order valence-electron chi connectivity index (χ0n) is 9.41. The van der Waals surface area contributed by atoms with Crippen LogP contribution in [-0.4, -0.2) is 25.2 Å². The molecule has 0 fully saturated rings. The summed E-state index contributed by atoms with van der Waals surface area (Å²) in [6.07, 6.45) is 2.27. The van der Waals surface area contributed by atoms with Gasteiger partial charge in [0.15, 0.2) is 0 Å². The summed E-state index contributed by atoms with van der Waals surface area (Å²) in [6, 6.07) is 0. The molecule has 0 aliphatic carbocycles. The molecule has 2 N–H and O–H groups in total. The lowest BCUT2D eigenvalue weighted by Crippen LogP contribution is -2.64. The summed E-state index contributed by atoms with van der Waals surface area (Å²) in [5, 5.41) is 6.82. The van der Waals surface area contributed by atoms with E-state index < -0.39 is 0 Å². The Morgan fingerprint density at radius 2 is 1.08 bits per heavy atom. The van der Waals surface area contributed by atoms with Crippen molar-refractivity contribution < 1.29 is 0 Å². The summed E-state index contributed by atoms with van der Waals surface area (Å²) in [5.74, 6) is 0. The second-order valence-electron chi connectivity index (χ2n) is 3.87. The number of likely N-dealkylation sites (N-methyl/N-ethyl adjacent to an activating group) is 2. The van der Waals surface area contributed by atoms with Gasteiger partial charge in [-0.1, -0.05) is 13.8 Å². The monoisotopic (exact) mass is 172 g/mol. The van der Waals surface area contributed by atoms with E-state index >= 15 is 0 Å². The van der Waals surface area contributed by atoms with Gasteiger partial charge in [0.1, 0.15) is 0 Å². The summed E-state index contributed by atoms with van der Waals surface area (Å²) < 4.78 is 0. The van der Waals surface area contributed by atoms with Crippen LogP contribution in [0.2, 0.25) is 0 Å². The van der Waals surface area contributed by atoms with E-state index in [-0.39, 0.29) is 11.1 Å². The highest BCUT2D eigenvalue weighted by Gasteiger charge is 2.39. The zero-order chi connectivity index (χ0) is 9.83. The first-order chi connectivity index (χ1) is 5.49. The van der Waals surface area contributed by atoms with E-state index in [9.17, 15) is 0 Å². The molecule has 0 aromatic heterocycles. The molecule has 0 aliphatic heterocycles. The molecule has 0 spiro atoms. The van der Waals surface area contributed by atoms with E-state index in [1.807, 2.05) is 14.1 Å².